The maximum atomic E-state index is 14.2. The van der Waals surface area contributed by atoms with Gasteiger partial charge in [0.05, 0.1) is 10.6 Å². The van der Waals surface area contributed by atoms with Crippen LogP contribution in [0.25, 0.3) is 15.5 Å². The van der Waals surface area contributed by atoms with Crippen molar-refractivity contribution in [1.82, 2.24) is 23.8 Å². The molecule has 2 aromatic heterocycles. The lowest BCUT2D eigenvalue weighted by molar-refractivity contribution is 0.180. The largest absolute Gasteiger partial charge is 0.295 e. The number of hydrogen-bond donors (Lipinski definition) is 0. The molecule has 0 spiro atoms. The van der Waals surface area contributed by atoms with Gasteiger partial charge in [-0.1, -0.05) is 35.6 Å². The lowest BCUT2D eigenvalue weighted by atomic mass is 10.2. The highest BCUT2D eigenvalue weighted by molar-refractivity contribution is 7.89. The number of aryl methyl sites for hydroxylation is 2. The Balaban J connectivity index is 1.31. The minimum Gasteiger partial charge on any atom is -0.295 e. The van der Waals surface area contributed by atoms with Gasteiger partial charge in [-0.15, -0.1) is 0 Å². The highest BCUT2D eigenvalue weighted by Crippen LogP contribution is 2.27. The van der Waals surface area contributed by atoms with Crippen LogP contribution in [0.1, 0.15) is 16.8 Å². The van der Waals surface area contributed by atoms with Crippen LogP contribution in [0.3, 0.4) is 0 Å². The number of aromatic nitrogens is 3. The zero-order chi connectivity index (χ0) is 24.7. The average Bonchev–Trinajstić information content (AvgIpc) is 3.26. The predicted octanol–water partition coefficient (Wildman–Crippen LogP) is 3.08. The van der Waals surface area contributed by atoms with E-state index in [-0.39, 0.29) is 5.56 Å². The standard InChI is InChI=1S/C24H24FN5O3S2/c1-16-7-8-17(2)21(13-16)35(32,33)29-11-9-28(10-12-29)15-18-14-22(31)30-24(26-18)34-23(27-30)19-5-3-4-6-20(19)25/h3-8,13-14H,9-12,15H2,1-2H3. The zero-order valence-corrected chi connectivity index (χ0v) is 20.9. The van der Waals surface area contributed by atoms with Crippen LogP contribution in [-0.2, 0) is 16.6 Å². The molecule has 1 aliphatic heterocycles. The fourth-order valence-electron chi connectivity index (χ4n) is 4.16. The van der Waals surface area contributed by atoms with E-state index in [0.717, 1.165) is 22.5 Å². The molecule has 0 N–H and O–H groups in total. The number of halogens is 1. The van der Waals surface area contributed by atoms with Crippen LogP contribution in [0.4, 0.5) is 4.39 Å². The summed E-state index contributed by atoms with van der Waals surface area (Å²) in [6, 6.07) is 13.2. The minimum atomic E-state index is -3.57. The van der Waals surface area contributed by atoms with E-state index in [1.165, 1.54) is 21.0 Å². The summed E-state index contributed by atoms with van der Waals surface area (Å²) in [6.45, 7) is 5.85. The van der Waals surface area contributed by atoms with E-state index in [4.69, 9.17) is 0 Å². The van der Waals surface area contributed by atoms with E-state index in [2.05, 4.69) is 15.0 Å². The van der Waals surface area contributed by atoms with Gasteiger partial charge >= 0.3 is 0 Å². The number of fused-ring (bicyclic) bond motifs is 1. The molecule has 0 saturated carbocycles. The Bertz CT molecular complexity index is 1570. The SMILES string of the molecule is Cc1ccc(C)c(S(=O)(=O)N2CCN(Cc3cc(=O)n4nc(-c5ccccc5F)sc4n3)CC2)c1. The fraction of sp³-hybridized carbons (Fsp3) is 0.292. The normalized spacial score (nSPS) is 15.6. The van der Waals surface area contributed by atoms with Crippen molar-refractivity contribution in [3.05, 3.63) is 81.5 Å². The summed E-state index contributed by atoms with van der Waals surface area (Å²) in [5.41, 5.74) is 2.20. The number of rotatable bonds is 5. The third-order valence-electron chi connectivity index (χ3n) is 6.08. The molecule has 5 rings (SSSR count). The highest BCUT2D eigenvalue weighted by atomic mass is 32.2. The molecule has 4 aromatic rings. The van der Waals surface area contributed by atoms with Gasteiger partial charge in [-0.2, -0.15) is 13.9 Å². The zero-order valence-electron chi connectivity index (χ0n) is 19.3. The summed E-state index contributed by atoms with van der Waals surface area (Å²) in [4.78, 5) is 20.0. The molecule has 1 saturated heterocycles. The third kappa shape index (κ3) is 4.64. The van der Waals surface area contributed by atoms with Crippen LogP contribution < -0.4 is 5.56 Å². The quantitative estimate of drug-likeness (QED) is 0.408. The minimum absolute atomic E-state index is 0.324. The fourth-order valence-corrected chi connectivity index (χ4v) is 6.85. The Hall–Kier alpha value is -2.99. The van der Waals surface area contributed by atoms with Crippen molar-refractivity contribution >= 4 is 26.3 Å². The molecule has 182 valence electrons. The lowest BCUT2D eigenvalue weighted by Gasteiger charge is -2.34. The molecular formula is C24H24FN5O3S2. The average molecular weight is 514 g/mol. The summed E-state index contributed by atoms with van der Waals surface area (Å²) in [6.07, 6.45) is 0. The summed E-state index contributed by atoms with van der Waals surface area (Å²) < 4.78 is 43.2. The molecule has 0 unspecified atom stereocenters. The van der Waals surface area contributed by atoms with Crippen LogP contribution in [-0.4, -0.2) is 58.4 Å². The van der Waals surface area contributed by atoms with E-state index >= 15 is 0 Å². The lowest BCUT2D eigenvalue weighted by Crippen LogP contribution is -2.48. The number of hydrogen-bond acceptors (Lipinski definition) is 7. The number of benzene rings is 2. The monoisotopic (exact) mass is 513 g/mol. The summed E-state index contributed by atoms with van der Waals surface area (Å²) in [5.74, 6) is -0.409. The third-order valence-corrected chi connectivity index (χ3v) is 9.06. The Morgan fingerprint density at radius 3 is 2.51 bits per heavy atom. The van der Waals surface area contributed by atoms with Crippen molar-refractivity contribution in [2.75, 3.05) is 26.2 Å². The molecule has 1 fully saturated rings. The first-order valence-electron chi connectivity index (χ1n) is 11.2. The van der Waals surface area contributed by atoms with Gasteiger partial charge in [0.25, 0.3) is 5.56 Å². The van der Waals surface area contributed by atoms with Crippen molar-refractivity contribution in [1.29, 1.82) is 0 Å². The Kier molecular flexibility index (Phi) is 6.26. The Labute approximate surface area is 206 Å². The van der Waals surface area contributed by atoms with Crippen LogP contribution in [0.2, 0.25) is 0 Å². The first-order chi connectivity index (χ1) is 16.7. The maximum Gasteiger partial charge on any atom is 0.275 e. The van der Waals surface area contributed by atoms with Crippen LogP contribution in [0, 0.1) is 19.7 Å². The van der Waals surface area contributed by atoms with E-state index in [0.29, 0.717) is 58.8 Å². The second-order valence-corrected chi connectivity index (χ2v) is 11.5. The number of sulfonamides is 1. The van der Waals surface area contributed by atoms with Crippen molar-refractivity contribution in [3.63, 3.8) is 0 Å². The predicted molar refractivity (Wildman–Crippen MR) is 132 cm³/mol. The smallest absolute Gasteiger partial charge is 0.275 e. The summed E-state index contributed by atoms with van der Waals surface area (Å²) in [7, 11) is -3.57. The topological polar surface area (TPSA) is 87.9 Å². The van der Waals surface area contributed by atoms with Gasteiger partial charge < -0.3 is 0 Å². The molecule has 0 atom stereocenters. The molecule has 11 heteroatoms. The molecule has 8 nitrogen and oxygen atoms in total. The molecule has 0 bridgehead atoms. The second-order valence-electron chi connectivity index (χ2n) is 8.62. The number of piperazine rings is 1. The molecule has 0 amide bonds. The van der Waals surface area contributed by atoms with Gasteiger partial charge in [0.2, 0.25) is 15.0 Å². The van der Waals surface area contributed by atoms with Gasteiger partial charge in [0, 0.05) is 44.4 Å². The van der Waals surface area contributed by atoms with Crippen molar-refractivity contribution in [2.24, 2.45) is 0 Å². The molecule has 1 aliphatic rings. The second kappa shape index (κ2) is 9.23. The van der Waals surface area contributed by atoms with E-state index in [1.807, 2.05) is 19.1 Å². The van der Waals surface area contributed by atoms with E-state index in [1.54, 1.807) is 31.2 Å². The highest BCUT2D eigenvalue weighted by Gasteiger charge is 2.30. The van der Waals surface area contributed by atoms with Crippen molar-refractivity contribution in [2.45, 2.75) is 25.3 Å². The van der Waals surface area contributed by atoms with Crippen molar-refractivity contribution < 1.29 is 12.8 Å². The first kappa shape index (κ1) is 23.7. The van der Waals surface area contributed by atoms with E-state index in [9.17, 15) is 17.6 Å². The molecule has 2 aromatic carbocycles. The van der Waals surface area contributed by atoms with Crippen LogP contribution in [0.5, 0.6) is 0 Å². The van der Waals surface area contributed by atoms with Crippen LogP contribution >= 0.6 is 11.3 Å². The summed E-state index contributed by atoms with van der Waals surface area (Å²) >= 11 is 1.15. The van der Waals surface area contributed by atoms with Crippen molar-refractivity contribution in [3.8, 4) is 10.6 Å². The molecule has 0 radical (unpaired) electrons. The van der Waals surface area contributed by atoms with Gasteiger partial charge in [-0.05, 0) is 43.2 Å². The maximum absolute atomic E-state index is 14.2. The Morgan fingerprint density at radius 2 is 1.77 bits per heavy atom. The molecule has 0 aliphatic carbocycles. The van der Waals surface area contributed by atoms with Gasteiger partial charge in [0.15, 0.2) is 5.01 Å². The van der Waals surface area contributed by atoms with Gasteiger partial charge in [-0.3, -0.25) is 9.69 Å². The Morgan fingerprint density at radius 1 is 1.03 bits per heavy atom. The number of nitrogens with zero attached hydrogens (tertiary/aromatic N) is 5. The van der Waals surface area contributed by atoms with Crippen LogP contribution in [0.15, 0.2) is 58.2 Å². The first-order valence-corrected chi connectivity index (χ1v) is 13.4. The van der Waals surface area contributed by atoms with E-state index < -0.39 is 15.8 Å². The summed E-state index contributed by atoms with van der Waals surface area (Å²) in [5, 5.41) is 4.63. The molecular weight excluding hydrogens is 489 g/mol. The van der Waals surface area contributed by atoms with Gasteiger partial charge in [-0.25, -0.2) is 17.8 Å². The molecule has 3 heterocycles. The molecule has 35 heavy (non-hydrogen) atoms. The van der Waals surface area contributed by atoms with Gasteiger partial charge in [0.1, 0.15) is 5.82 Å².